The molecule has 0 atom stereocenters. The van der Waals surface area contributed by atoms with Crippen LogP contribution in [0.4, 0.5) is 0 Å². The summed E-state index contributed by atoms with van der Waals surface area (Å²) in [4.78, 5) is 18.0. The van der Waals surface area contributed by atoms with Gasteiger partial charge in [0.25, 0.3) is 0 Å². The predicted octanol–water partition coefficient (Wildman–Crippen LogP) is 4.16. The minimum atomic E-state index is -4.55. The Morgan fingerprint density at radius 2 is 1.61 bits per heavy atom. The second-order valence-corrected chi connectivity index (χ2v) is 9.14. The Kier molecular flexibility index (Phi) is 5.75. The highest BCUT2D eigenvalue weighted by Gasteiger charge is 2.30. The van der Waals surface area contributed by atoms with Gasteiger partial charge in [0.15, 0.2) is 0 Å². The van der Waals surface area contributed by atoms with Crippen LogP contribution in [-0.4, -0.2) is 14.9 Å². The van der Waals surface area contributed by atoms with Crippen LogP contribution in [0.5, 0.6) is 5.75 Å². The standard InChI is InChI=1S/C17H29O5P/c1-8-12-11(10-22-23(19,20)21)9-13(16(2,3)4)15(18)14(12)17(5,6)7/h9,18H,8,10H2,1-7H3,(H2,19,20,21). The van der Waals surface area contributed by atoms with Crippen molar-refractivity contribution in [1.82, 2.24) is 0 Å². The van der Waals surface area contributed by atoms with Crippen molar-refractivity contribution in [2.75, 3.05) is 0 Å². The second kappa shape index (κ2) is 6.56. The van der Waals surface area contributed by atoms with Crippen molar-refractivity contribution in [2.45, 2.75) is 72.3 Å². The van der Waals surface area contributed by atoms with E-state index in [-0.39, 0.29) is 23.2 Å². The van der Waals surface area contributed by atoms with E-state index in [1.165, 1.54) is 0 Å². The molecule has 0 unspecified atom stereocenters. The van der Waals surface area contributed by atoms with Crippen molar-refractivity contribution >= 4 is 7.82 Å². The zero-order chi connectivity index (χ0) is 18.2. The first kappa shape index (κ1) is 20.2. The molecule has 132 valence electrons. The van der Waals surface area contributed by atoms with Gasteiger partial charge in [0.1, 0.15) is 5.75 Å². The zero-order valence-corrected chi connectivity index (χ0v) is 16.0. The van der Waals surface area contributed by atoms with Crippen LogP contribution < -0.4 is 0 Å². The van der Waals surface area contributed by atoms with E-state index in [1.807, 2.05) is 48.5 Å². The number of hydrogen-bond donors (Lipinski definition) is 3. The fraction of sp³-hybridized carbons (Fsp3) is 0.647. The Morgan fingerprint density at radius 3 is 1.96 bits per heavy atom. The Hall–Kier alpha value is -0.870. The average Bonchev–Trinajstić information content (AvgIpc) is 2.32. The minimum absolute atomic E-state index is 0.181. The van der Waals surface area contributed by atoms with Gasteiger partial charge in [0, 0.05) is 5.56 Å². The number of phosphoric ester groups is 1. The molecule has 0 aromatic heterocycles. The van der Waals surface area contributed by atoms with E-state index in [9.17, 15) is 9.67 Å². The summed E-state index contributed by atoms with van der Waals surface area (Å²) in [5.41, 5.74) is 2.57. The third-order valence-corrected chi connectivity index (χ3v) is 4.27. The molecule has 0 bridgehead atoms. The molecule has 23 heavy (non-hydrogen) atoms. The van der Waals surface area contributed by atoms with Crippen LogP contribution in [0, 0.1) is 0 Å². The summed E-state index contributed by atoms with van der Waals surface area (Å²) in [7, 11) is -4.55. The van der Waals surface area contributed by atoms with E-state index in [0.29, 0.717) is 12.0 Å². The van der Waals surface area contributed by atoms with E-state index < -0.39 is 7.82 Å². The van der Waals surface area contributed by atoms with Gasteiger partial charge in [-0.2, -0.15) is 0 Å². The number of phenols is 1. The van der Waals surface area contributed by atoms with E-state index in [1.54, 1.807) is 6.07 Å². The summed E-state index contributed by atoms with van der Waals surface area (Å²) >= 11 is 0. The van der Waals surface area contributed by atoms with Crippen molar-refractivity contribution in [1.29, 1.82) is 0 Å². The van der Waals surface area contributed by atoms with Crippen molar-refractivity contribution in [2.24, 2.45) is 0 Å². The lowest BCUT2D eigenvalue weighted by Gasteiger charge is -2.31. The summed E-state index contributed by atoms with van der Waals surface area (Å²) in [5, 5.41) is 10.8. The Morgan fingerprint density at radius 1 is 1.09 bits per heavy atom. The number of phosphoric acid groups is 1. The number of rotatable bonds is 4. The third-order valence-electron chi connectivity index (χ3n) is 3.80. The first-order valence-electron chi connectivity index (χ1n) is 7.77. The first-order valence-corrected chi connectivity index (χ1v) is 9.30. The van der Waals surface area contributed by atoms with Gasteiger partial charge in [-0.3, -0.25) is 4.52 Å². The molecule has 0 radical (unpaired) electrons. The molecule has 0 spiro atoms. The predicted molar refractivity (Wildman–Crippen MR) is 91.7 cm³/mol. The fourth-order valence-electron chi connectivity index (χ4n) is 2.83. The normalized spacial score (nSPS) is 13.4. The molecule has 5 nitrogen and oxygen atoms in total. The molecule has 0 aliphatic rings. The van der Waals surface area contributed by atoms with Gasteiger partial charge >= 0.3 is 7.82 Å². The van der Waals surface area contributed by atoms with Crippen LogP contribution >= 0.6 is 7.82 Å². The molecule has 1 rings (SSSR count). The zero-order valence-electron chi connectivity index (χ0n) is 15.1. The summed E-state index contributed by atoms with van der Waals surface area (Å²) in [6.07, 6.45) is 0.643. The molecule has 0 saturated heterocycles. The fourth-order valence-corrected chi connectivity index (χ4v) is 3.14. The lowest BCUT2D eigenvalue weighted by molar-refractivity contribution is 0.188. The topological polar surface area (TPSA) is 87.0 Å². The van der Waals surface area contributed by atoms with Gasteiger partial charge in [0.05, 0.1) is 6.61 Å². The molecule has 0 saturated carbocycles. The number of hydrogen-bond acceptors (Lipinski definition) is 3. The summed E-state index contributed by atoms with van der Waals surface area (Å²) < 4.78 is 15.8. The maximum absolute atomic E-state index is 11.1. The van der Waals surface area contributed by atoms with Gasteiger partial charge in [0.2, 0.25) is 0 Å². The van der Waals surface area contributed by atoms with Gasteiger partial charge in [-0.15, -0.1) is 0 Å². The third kappa shape index (κ3) is 5.05. The Bertz CT molecular complexity index is 617. The minimum Gasteiger partial charge on any atom is -0.507 e. The molecular weight excluding hydrogens is 315 g/mol. The molecular formula is C17H29O5P. The molecule has 0 aliphatic carbocycles. The highest BCUT2D eigenvalue weighted by molar-refractivity contribution is 7.46. The van der Waals surface area contributed by atoms with E-state index in [0.717, 1.165) is 16.7 Å². The molecule has 0 heterocycles. The number of phenolic OH excluding ortho intramolecular Hbond substituents is 1. The van der Waals surface area contributed by atoms with E-state index >= 15 is 0 Å². The largest absolute Gasteiger partial charge is 0.507 e. The maximum Gasteiger partial charge on any atom is 0.469 e. The molecule has 1 aromatic carbocycles. The molecule has 3 N–H and O–H groups in total. The smallest absolute Gasteiger partial charge is 0.469 e. The van der Waals surface area contributed by atoms with Crippen molar-refractivity contribution in [3.8, 4) is 5.75 Å². The average molecular weight is 344 g/mol. The van der Waals surface area contributed by atoms with Crippen LogP contribution in [0.15, 0.2) is 6.07 Å². The van der Waals surface area contributed by atoms with Crippen molar-refractivity contribution in [3.63, 3.8) is 0 Å². The van der Waals surface area contributed by atoms with Crippen molar-refractivity contribution < 1.29 is 24.0 Å². The lowest BCUT2D eigenvalue weighted by Crippen LogP contribution is -2.21. The quantitative estimate of drug-likeness (QED) is 0.714. The van der Waals surface area contributed by atoms with Crippen LogP contribution in [0.25, 0.3) is 0 Å². The summed E-state index contributed by atoms with van der Waals surface area (Å²) in [6, 6.07) is 1.80. The van der Waals surface area contributed by atoms with Crippen LogP contribution in [0.3, 0.4) is 0 Å². The van der Waals surface area contributed by atoms with Crippen LogP contribution in [-0.2, 0) is 32.9 Å². The Balaban J connectivity index is 3.65. The summed E-state index contributed by atoms with van der Waals surface area (Å²) in [6.45, 7) is 13.8. The highest BCUT2D eigenvalue weighted by Crippen LogP contribution is 2.44. The summed E-state index contributed by atoms with van der Waals surface area (Å²) in [5.74, 6) is 0.266. The second-order valence-electron chi connectivity index (χ2n) is 7.90. The van der Waals surface area contributed by atoms with E-state index in [2.05, 4.69) is 0 Å². The number of aromatic hydroxyl groups is 1. The van der Waals surface area contributed by atoms with Crippen LogP contribution in [0.1, 0.15) is 70.7 Å². The first-order chi connectivity index (χ1) is 10.2. The van der Waals surface area contributed by atoms with Gasteiger partial charge < -0.3 is 14.9 Å². The maximum atomic E-state index is 11.1. The molecule has 6 heteroatoms. The Labute approximate surface area is 138 Å². The highest BCUT2D eigenvalue weighted by atomic mass is 31.2. The van der Waals surface area contributed by atoms with Crippen LogP contribution in [0.2, 0.25) is 0 Å². The lowest BCUT2D eigenvalue weighted by atomic mass is 9.75. The van der Waals surface area contributed by atoms with Gasteiger partial charge in [-0.05, 0) is 40.0 Å². The SMILES string of the molecule is CCc1c(COP(=O)(O)O)cc(C(C)(C)C)c(O)c1C(C)(C)C. The molecule has 0 aliphatic heterocycles. The van der Waals surface area contributed by atoms with Gasteiger partial charge in [-0.1, -0.05) is 48.5 Å². The molecule has 1 aromatic rings. The van der Waals surface area contributed by atoms with Crippen molar-refractivity contribution in [3.05, 3.63) is 28.3 Å². The van der Waals surface area contributed by atoms with E-state index in [4.69, 9.17) is 14.3 Å². The molecule has 0 amide bonds. The molecule has 0 fully saturated rings. The van der Waals surface area contributed by atoms with Gasteiger partial charge in [-0.25, -0.2) is 4.57 Å². The number of benzene rings is 1. The monoisotopic (exact) mass is 344 g/mol.